The van der Waals surface area contributed by atoms with Gasteiger partial charge in [-0.25, -0.2) is 4.79 Å². The Balaban J connectivity index is 2.64. The van der Waals surface area contributed by atoms with E-state index in [0.29, 0.717) is 40.8 Å². The van der Waals surface area contributed by atoms with Crippen LogP contribution in [0.15, 0.2) is 22.6 Å². The quantitative estimate of drug-likeness (QED) is 0.787. The second-order valence-electron chi connectivity index (χ2n) is 4.75. The third-order valence-electron chi connectivity index (χ3n) is 3.42. The minimum absolute atomic E-state index is 0.307. The summed E-state index contributed by atoms with van der Waals surface area (Å²) in [4.78, 5) is 12.2. The first-order valence-corrected chi connectivity index (χ1v) is 7.03. The number of carbonyl (C=O) groups is 1. The molecule has 0 saturated carbocycles. The van der Waals surface area contributed by atoms with Gasteiger partial charge in [0.25, 0.3) is 0 Å². The van der Waals surface area contributed by atoms with Crippen molar-refractivity contribution >= 4 is 5.97 Å². The zero-order valence-electron chi connectivity index (χ0n) is 13.5. The van der Waals surface area contributed by atoms with Gasteiger partial charge >= 0.3 is 5.97 Å². The Morgan fingerprint density at radius 1 is 1.14 bits per heavy atom. The molecule has 118 valence electrons. The van der Waals surface area contributed by atoms with Crippen molar-refractivity contribution in [3.63, 3.8) is 0 Å². The van der Waals surface area contributed by atoms with Gasteiger partial charge in [0, 0.05) is 17.2 Å². The fraction of sp³-hybridized carbons (Fsp3) is 0.353. The van der Waals surface area contributed by atoms with E-state index in [1.807, 2.05) is 19.1 Å². The van der Waals surface area contributed by atoms with Gasteiger partial charge in [-0.05, 0) is 32.9 Å². The number of carbonyl (C=O) groups excluding carboxylic acids is 1. The molecule has 2 rings (SSSR count). The lowest BCUT2D eigenvalue weighted by Crippen LogP contribution is -2.07. The van der Waals surface area contributed by atoms with Gasteiger partial charge in [0.1, 0.15) is 28.6 Å². The number of ether oxygens (including phenoxy) is 3. The molecular weight excluding hydrogens is 284 g/mol. The van der Waals surface area contributed by atoms with E-state index in [9.17, 15) is 4.79 Å². The Labute approximate surface area is 129 Å². The monoisotopic (exact) mass is 304 g/mol. The summed E-state index contributed by atoms with van der Waals surface area (Å²) in [5.41, 5.74) is 1.89. The lowest BCUT2D eigenvalue weighted by molar-refractivity contribution is 0.0525. The van der Waals surface area contributed by atoms with E-state index < -0.39 is 5.97 Å². The summed E-state index contributed by atoms with van der Waals surface area (Å²) >= 11 is 0. The van der Waals surface area contributed by atoms with Gasteiger partial charge in [-0.1, -0.05) is 0 Å². The van der Waals surface area contributed by atoms with Gasteiger partial charge in [-0.15, -0.1) is 0 Å². The third-order valence-corrected chi connectivity index (χ3v) is 3.42. The van der Waals surface area contributed by atoms with Crippen molar-refractivity contribution in [2.45, 2.75) is 20.8 Å². The van der Waals surface area contributed by atoms with Crippen molar-refractivity contribution in [2.75, 3.05) is 20.8 Å². The highest BCUT2D eigenvalue weighted by atomic mass is 16.5. The van der Waals surface area contributed by atoms with Gasteiger partial charge in [-0.2, -0.15) is 0 Å². The molecule has 0 aliphatic rings. The Morgan fingerprint density at radius 2 is 1.86 bits per heavy atom. The van der Waals surface area contributed by atoms with Crippen LogP contribution in [0.5, 0.6) is 11.5 Å². The minimum Gasteiger partial charge on any atom is -0.497 e. The smallest absolute Gasteiger partial charge is 0.342 e. The molecule has 1 heterocycles. The first-order valence-electron chi connectivity index (χ1n) is 7.03. The summed E-state index contributed by atoms with van der Waals surface area (Å²) in [5.74, 6) is 2.06. The van der Waals surface area contributed by atoms with E-state index in [2.05, 4.69) is 0 Å². The number of methoxy groups -OCH3 is 2. The molecule has 0 aliphatic heterocycles. The van der Waals surface area contributed by atoms with Crippen LogP contribution in [0, 0.1) is 13.8 Å². The van der Waals surface area contributed by atoms with Crippen molar-refractivity contribution in [3.05, 3.63) is 35.3 Å². The lowest BCUT2D eigenvalue weighted by atomic mass is 9.99. The molecule has 0 radical (unpaired) electrons. The maximum Gasteiger partial charge on any atom is 0.342 e. The molecule has 5 nitrogen and oxygen atoms in total. The Kier molecular flexibility index (Phi) is 4.75. The molecule has 0 amide bonds. The highest BCUT2D eigenvalue weighted by Gasteiger charge is 2.25. The summed E-state index contributed by atoms with van der Waals surface area (Å²) in [5, 5.41) is 0. The number of hydrogen-bond donors (Lipinski definition) is 0. The summed E-state index contributed by atoms with van der Waals surface area (Å²) in [6.07, 6.45) is 0. The second-order valence-corrected chi connectivity index (χ2v) is 4.75. The molecule has 5 heteroatoms. The molecule has 1 aromatic heterocycles. The first-order chi connectivity index (χ1) is 10.5. The van der Waals surface area contributed by atoms with Gasteiger partial charge < -0.3 is 18.6 Å². The number of benzene rings is 1. The normalized spacial score (nSPS) is 10.4. The highest BCUT2D eigenvalue weighted by molar-refractivity contribution is 6.00. The van der Waals surface area contributed by atoms with Gasteiger partial charge in [0.2, 0.25) is 0 Å². The molecule has 0 N–H and O–H groups in total. The van der Waals surface area contributed by atoms with E-state index >= 15 is 0 Å². The Morgan fingerprint density at radius 3 is 2.45 bits per heavy atom. The van der Waals surface area contributed by atoms with Crippen LogP contribution in [-0.2, 0) is 4.74 Å². The van der Waals surface area contributed by atoms with Crippen LogP contribution in [0.2, 0.25) is 0 Å². The topological polar surface area (TPSA) is 57.9 Å². The molecule has 0 bridgehead atoms. The molecule has 2 aromatic rings. The molecule has 0 spiro atoms. The van der Waals surface area contributed by atoms with Crippen LogP contribution in [0.4, 0.5) is 0 Å². The third kappa shape index (κ3) is 2.79. The molecule has 0 saturated heterocycles. The van der Waals surface area contributed by atoms with Crippen LogP contribution in [0.3, 0.4) is 0 Å². The number of hydrogen-bond acceptors (Lipinski definition) is 5. The van der Waals surface area contributed by atoms with Crippen molar-refractivity contribution in [1.82, 2.24) is 0 Å². The standard InChI is InChI=1S/C17H20O5/c1-6-21-17(18)16-11(3)22-10(2)15(16)13-8-7-12(19-4)9-14(13)20-5/h7-9H,6H2,1-5H3. The number of esters is 1. The van der Waals surface area contributed by atoms with Crippen LogP contribution >= 0.6 is 0 Å². The summed E-state index contributed by atoms with van der Waals surface area (Å²) in [6, 6.07) is 5.43. The Bertz CT molecular complexity index is 685. The van der Waals surface area contributed by atoms with Crippen molar-refractivity contribution in [3.8, 4) is 22.6 Å². The zero-order valence-corrected chi connectivity index (χ0v) is 13.5. The fourth-order valence-electron chi connectivity index (χ4n) is 2.46. The summed E-state index contributed by atoms with van der Waals surface area (Å²) < 4.78 is 21.4. The van der Waals surface area contributed by atoms with Crippen molar-refractivity contribution in [1.29, 1.82) is 0 Å². The minimum atomic E-state index is -0.398. The lowest BCUT2D eigenvalue weighted by Gasteiger charge is -2.11. The van der Waals surface area contributed by atoms with Crippen LogP contribution in [0.25, 0.3) is 11.1 Å². The van der Waals surface area contributed by atoms with E-state index in [4.69, 9.17) is 18.6 Å². The van der Waals surface area contributed by atoms with Crippen LogP contribution in [0.1, 0.15) is 28.8 Å². The Hall–Kier alpha value is -2.43. The second kappa shape index (κ2) is 6.56. The average Bonchev–Trinajstić information content (AvgIpc) is 2.81. The molecule has 0 unspecified atom stereocenters. The van der Waals surface area contributed by atoms with Crippen molar-refractivity contribution < 1.29 is 23.4 Å². The average molecular weight is 304 g/mol. The molecule has 1 aromatic carbocycles. The van der Waals surface area contributed by atoms with Crippen molar-refractivity contribution in [2.24, 2.45) is 0 Å². The first kappa shape index (κ1) is 15.9. The summed E-state index contributed by atoms with van der Waals surface area (Å²) in [7, 11) is 3.16. The molecule has 0 fully saturated rings. The number of aryl methyl sites for hydroxylation is 2. The van der Waals surface area contributed by atoms with E-state index in [1.165, 1.54) is 0 Å². The van der Waals surface area contributed by atoms with E-state index in [0.717, 1.165) is 5.56 Å². The maximum atomic E-state index is 12.2. The fourth-order valence-corrected chi connectivity index (χ4v) is 2.46. The molecule has 0 atom stereocenters. The van der Waals surface area contributed by atoms with Gasteiger partial charge in [-0.3, -0.25) is 0 Å². The highest BCUT2D eigenvalue weighted by Crippen LogP contribution is 2.39. The molecule has 22 heavy (non-hydrogen) atoms. The number of furan rings is 1. The molecule has 0 aliphatic carbocycles. The largest absolute Gasteiger partial charge is 0.497 e. The predicted molar refractivity (Wildman–Crippen MR) is 82.7 cm³/mol. The molecular formula is C17H20O5. The SMILES string of the molecule is CCOC(=O)c1c(C)oc(C)c1-c1ccc(OC)cc1OC. The summed E-state index contributed by atoms with van der Waals surface area (Å²) in [6.45, 7) is 5.64. The van der Waals surface area contributed by atoms with Gasteiger partial charge in [0.05, 0.1) is 20.8 Å². The van der Waals surface area contributed by atoms with Crippen LogP contribution in [-0.4, -0.2) is 26.8 Å². The zero-order chi connectivity index (χ0) is 16.3. The van der Waals surface area contributed by atoms with Gasteiger partial charge in [0.15, 0.2) is 0 Å². The number of rotatable bonds is 5. The van der Waals surface area contributed by atoms with E-state index in [-0.39, 0.29) is 0 Å². The van der Waals surface area contributed by atoms with E-state index in [1.54, 1.807) is 34.1 Å². The predicted octanol–water partition coefficient (Wildman–Crippen LogP) is 3.76. The van der Waals surface area contributed by atoms with Crippen LogP contribution < -0.4 is 9.47 Å². The maximum absolute atomic E-state index is 12.2.